The predicted molar refractivity (Wildman–Crippen MR) is 106 cm³/mol. The molecule has 0 aromatic heterocycles. The van der Waals surface area contributed by atoms with Gasteiger partial charge in [-0.3, -0.25) is 9.69 Å². The van der Waals surface area contributed by atoms with Crippen LogP contribution in [0.1, 0.15) is 28.8 Å². The topological polar surface area (TPSA) is 44.4 Å². The summed E-state index contributed by atoms with van der Waals surface area (Å²) in [5, 5.41) is 6.93. The fourth-order valence-electron chi connectivity index (χ4n) is 4.16. The molecule has 136 valence electrons. The molecule has 0 bridgehead atoms. The van der Waals surface area contributed by atoms with Crippen molar-refractivity contribution in [3.63, 3.8) is 0 Å². The van der Waals surface area contributed by atoms with E-state index in [1.807, 2.05) is 24.3 Å². The molecular weight excluding hydrogens is 346 g/mol. The summed E-state index contributed by atoms with van der Waals surface area (Å²) in [5.41, 5.74) is 3.01. The Morgan fingerprint density at radius 1 is 1.19 bits per heavy atom. The molecule has 0 saturated carbocycles. The highest BCUT2D eigenvalue weighted by Crippen LogP contribution is 2.36. The van der Waals surface area contributed by atoms with Crippen LogP contribution in [-0.4, -0.2) is 37.0 Å². The van der Waals surface area contributed by atoms with Crippen molar-refractivity contribution in [1.29, 1.82) is 0 Å². The monoisotopic (exact) mass is 369 g/mol. The van der Waals surface area contributed by atoms with Crippen molar-refractivity contribution in [2.24, 2.45) is 5.41 Å². The van der Waals surface area contributed by atoms with Gasteiger partial charge in [-0.05, 0) is 61.2 Å². The molecule has 2 aliphatic rings. The zero-order chi connectivity index (χ0) is 18.0. The number of carbonyl (C=O) groups is 1. The van der Waals surface area contributed by atoms with Crippen LogP contribution in [0.15, 0.2) is 48.5 Å². The van der Waals surface area contributed by atoms with Crippen molar-refractivity contribution in [3.05, 3.63) is 64.7 Å². The van der Waals surface area contributed by atoms with Crippen LogP contribution in [0.25, 0.3) is 0 Å². The van der Waals surface area contributed by atoms with Crippen molar-refractivity contribution >= 4 is 23.2 Å². The van der Waals surface area contributed by atoms with E-state index in [9.17, 15) is 4.79 Å². The van der Waals surface area contributed by atoms with Gasteiger partial charge in [-0.1, -0.05) is 35.9 Å². The van der Waals surface area contributed by atoms with Gasteiger partial charge in [-0.25, -0.2) is 0 Å². The summed E-state index contributed by atoms with van der Waals surface area (Å²) < 4.78 is 0. The molecule has 2 N–H and O–H groups in total. The van der Waals surface area contributed by atoms with E-state index in [1.54, 1.807) is 12.1 Å². The van der Waals surface area contributed by atoms with Crippen LogP contribution in [0.3, 0.4) is 0 Å². The van der Waals surface area contributed by atoms with Gasteiger partial charge in [0.05, 0.1) is 10.6 Å². The molecule has 2 aliphatic heterocycles. The smallest absolute Gasteiger partial charge is 0.257 e. The standard InChI is InChI=1S/C21H24ClN3O/c22-19-7-2-1-6-18(19)20(26)24-17-5-3-4-16(12-17)13-25-11-9-21(15-25)8-10-23-14-21/h1-7,12,23H,8-11,13-15H2,(H,24,26). The zero-order valence-corrected chi connectivity index (χ0v) is 15.6. The molecule has 2 heterocycles. The third kappa shape index (κ3) is 3.78. The van der Waals surface area contributed by atoms with Crippen LogP contribution in [-0.2, 0) is 6.54 Å². The Kier molecular flexibility index (Phi) is 4.98. The summed E-state index contributed by atoms with van der Waals surface area (Å²) >= 11 is 6.12. The second kappa shape index (κ2) is 7.39. The summed E-state index contributed by atoms with van der Waals surface area (Å²) in [5.74, 6) is -0.176. The molecule has 5 heteroatoms. The average Bonchev–Trinajstić information content (AvgIpc) is 3.25. The van der Waals surface area contributed by atoms with Gasteiger partial charge in [0.1, 0.15) is 0 Å². The Morgan fingerprint density at radius 3 is 2.88 bits per heavy atom. The molecule has 4 rings (SSSR count). The third-order valence-electron chi connectivity index (χ3n) is 5.56. The number of nitrogens with zero attached hydrogens (tertiary/aromatic N) is 1. The van der Waals surface area contributed by atoms with Gasteiger partial charge >= 0.3 is 0 Å². The zero-order valence-electron chi connectivity index (χ0n) is 14.8. The minimum absolute atomic E-state index is 0.176. The van der Waals surface area contributed by atoms with Crippen LogP contribution in [0, 0.1) is 5.41 Å². The normalized spacial score (nSPS) is 22.8. The average molecular weight is 370 g/mol. The highest BCUT2D eigenvalue weighted by Gasteiger charge is 2.39. The quantitative estimate of drug-likeness (QED) is 0.862. The molecule has 2 saturated heterocycles. The van der Waals surface area contributed by atoms with Gasteiger partial charge in [-0.2, -0.15) is 0 Å². The van der Waals surface area contributed by atoms with E-state index in [4.69, 9.17) is 11.6 Å². The lowest BCUT2D eigenvalue weighted by Gasteiger charge is -2.23. The number of rotatable bonds is 4. The number of carbonyl (C=O) groups excluding carboxylic acids is 1. The van der Waals surface area contributed by atoms with E-state index in [-0.39, 0.29) is 5.91 Å². The lowest BCUT2D eigenvalue weighted by molar-refractivity contribution is 0.102. The number of benzene rings is 2. The van der Waals surface area contributed by atoms with Crippen molar-refractivity contribution in [1.82, 2.24) is 10.2 Å². The summed E-state index contributed by atoms with van der Waals surface area (Å²) in [6, 6.07) is 15.2. The predicted octanol–water partition coefficient (Wildman–Crippen LogP) is 3.78. The van der Waals surface area contributed by atoms with Gasteiger partial charge in [0, 0.05) is 25.3 Å². The molecule has 2 aromatic rings. The van der Waals surface area contributed by atoms with Crippen LogP contribution >= 0.6 is 11.6 Å². The molecule has 26 heavy (non-hydrogen) atoms. The molecule has 0 radical (unpaired) electrons. The lowest BCUT2D eigenvalue weighted by atomic mass is 9.86. The Hall–Kier alpha value is -1.88. The fourth-order valence-corrected chi connectivity index (χ4v) is 4.38. The van der Waals surface area contributed by atoms with E-state index >= 15 is 0 Å². The number of likely N-dealkylation sites (tertiary alicyclic amines) is 1. The van der Waals surface area contributed by atoms with E-state index in [2.05, 4.69) is 27.7 Å². The molecule has 1 amide bonds. The van der Waals surface area contributed by atoms with Crippen molar-refractivity contribution in [2.45, 2.75) is 19.4 Å². The summed E-state index contributed by atoms with van der Waals surface area (Å²) in [7, 11) is 0. The fraction of sp³-hybridized carbons (Fsp3) is 0.381. The van der Waals surface area contributed by atoms with Gasteiger partial charge < -0.3 is 10.6 Å². The van der Waals surface area contributed by atoms with E-state index in [0.717, 1.165) is 38.4 Å². The number of nitrogens with one attached hydrogen (secondary N) is 2. The summed E-state index contributed by atoms with van der Waals surface area (Å²) in [6.07, 6.45) is 2.57. The second-order valence-electron chi connectivity index (χ2n) is 7.52. The summed E-state index contributed by atoms with van der Waals surface area (Å²) in [6.45, 7) is 5.54. The Bertz CT molecular complexity index is 801. The van der Waals surface area contributed by atoms with Gasteiger partial charge in [-0.15, -0.1) is 0 Å². The SMILES string of the molecule is O=C(Nc1cccc(CN2CCC3(CCNC3)C2)c1)c1ccccc1Cl. The Balaban J connectivity index is 1.41. The van der Waals surface area contributed by atoms with Crippen LogP contribution in [0.4, 0.5) is 5.69 Å². The first-order valence-corrected chi connectivity index (χ1v) is 9.59. The number of hydrogen-bond acceptors (Lipinski definition) is 3. The highest BCUT2D eigenvalue weighted by molar-refractivity contribution is 6.34. The molecule has 1 atom stereocenters. The number of amides is 1. The van der Waals surface area contributed by atoms with Crippen LogP contribution in [0.5, 0.6) is 0 Å². The van der Waals surface area contributed by atoms with Gasteiger partial charge in [0.25, 0.3) is 5.91 Å². The Labute approximate surface area is 159 Å². The lowest BCUT2D eigenvalue weighted by Crippen LogP contribution is -2.28. The van der Waals surface area contributed by atoms with Crippen LogP contribution in [0.2, 0.25) is 5.02 Å². The molecular formula is C21H24ClN3O. The molecule has 4 nitrogen and oxygen atoms in total. The van der Waals surface area contributed by atoms with Crippen molar-refractivity contribution in [3.8, 4) is 0 Å². The molecule has 1 spiro atoms. The molecule has 0 aliphatic carbocycles. The van der Waals surface area contributed by atoms with Crippen LogP contribution < -0.4 is 10.6 Å². The molecule has 1 unspecified atom stereocenters. The minimum Gasteiger partial charge on any atom is -0.322 e. The van der Waals surface area contributed by atoms with Crippen molar-refractivity contribution < 1.29 is 4.79 Å². The first-order chi connectivity index (χ1) is 12.6. The number of hydrogen-bond donors (Lipinski definition) is 2. The highest BCUT2D eigenvalue weighted by atomic mass is 35.5. The van der Waals surface area contributed by atoms with E-state index in [0.29, 0.717) is 16.0 Å². The minimum atomic E-state index is -0.176. The maximum absolute atomic E-state index is 12.4. The Morgan fingerprint density at radius 2 is 2.08 bits per heavy atom. The first kappa shape index (κ1) is 17.5. The maximum atomic E-state index is 12.4. The molecule has 2 aromatic carbocycles. The molecule has 2 fully saturated rings. The van der Waals surface area contributed by atoms with Crippen molar-refractivity contribution in [2.75, 3.05) is 31.5 Å². The maximum Gasteiger partial charge on any atom is 0.257 e. The first-order valence-electron chi connectivity index (χ1n) is 9.22. The number of anilines is 1. The van der Waals surface area contributed by atoms with Gasteiger partial charge in [0.2, 0.25) is 0 Å². The van der Waals surface area contributed by atoms with E-state index < -0.39 is 0 Å². The van der Waals surface area contributed by atoms with Gasteiger partial charge in [0.15, 0.2) is 0 Å². The summed E-state index contributed by atoms with van der Waals surface area (Å²) in [4.78, 5) is 15.0. The third-order valence-corrected chi connectivity index (χ3v) is 5.89. The van der Waals surface area contributed by atoms with E-state index in [1.165, 1.54) is 18.4 Å². The second-order valence-corrected chi connectivity index (χ2v) is 7.93. The largest absolute Gasteiger partial charge is 0.322 e. The number of halogens is 1.